The highest BCUT2D eigenvalue weighted by Crippen LogP contribution is 2.10. The highest BCUT2D eigenvalue weighted by molar-refractivity contribution is 14.0. The van der Waals surface area contributed by atoms with Gasteiger partial charge < -0.3 is 10.6 Å². The van der Waals surface area contributed by atoms with E-state index < -0.39 is 0 Å². The first-order valence-electron chi connectivity index (χ1n) is 8.55. The molecule has 1 aromatic heterocycles. The van der Waals surface area contributed by atoms with Crippen LogP contribution in [-0.4, -0.2) is 31.1 Å². The van der Waals surface area contributed by atoms with Crippen LogP contribution in [-0.2, 0) is 19.3 Å². The molecule has 1 aromatic carbocycles. The molecule has 0 saturated heterocycles. The van der Waals surface area contributed by atoms with E-state index in [0.717, 1.165) is 44.0 Å². The second-order valence-corrected chi connectivity index (χ2v) is 6.95. The molecule has 0 spiro atoms. The first-order chi connectivity index (χ1) is 11.6. The Morgan fingerprint density at radius 2 is 1.72 bits per heavy atom. The Morgan fingerprint density at radius 1 is 1.08 bits per heavy atom. The molecule has 0 unspecified atom stereocenters. The van der Waals surface area contributed by atoms with Crippen molar-refractivity contribution in [2.45, 2.75) is 40.0 Å². The Bertz CT molecular complexity index is 662. The largest absolute Gasteiger partial charge is 0.356 e. The van der Waals surface area contributed by atoms with Gasteiger partial charge in [-0.05, 0) is 32.3 Å². The van der Waals surface area contributed by atoms with Crippen molar-refractivity contribution in [1.82, 2.24) is 15.6 Å². The number of thiazole rings is 1. The van der Waals surface area contributed by atoms with Gasteiger partial charge in [-0.1, -0.05) is 36.2 Å². The van der Waals surface area contributed by atoms with Gasteiger partial charge in [0.1, 0.15) is 0 Å². The summed E-state index contributed by atoms with van der Waals surface area (Å²) in [4.78, 5) is 8.87. The molecular weight excluding hydrogens is 443 g/mol. The minimum Gasteiger partial charge on any atom is -0.356 e. The van der Waals surface area contributed by atoms with E-state index in [1.54, 1.807) is 11.3 Å². The molecule has 2 aromatic rings. The van der Waals surface area contributed by atoms with Gasteiger partial charge in [0.2, 0.25) is 0 Å². The van der Waals surface area contributed by atoms with Gasteiger partial charge in [-0.3, -0.25) is 4.99 Å². The molecule has 4 nitrogen and oxygen atoms in total. The predicted octanol–water partition coefficient (Wildman–Crippen LogP) is 3.89. The van der Waals surface area contributed by atoms with Crippen LogP contribution in [0.3, 0.4) is 0 Å². The molecule has 2 N–H and O–H groups in total. The quantitative estimate of drug-likeness (QED) is 0.365. The summed E-state index contributed by atoms with van der Waals surface area (Å²) in [5, 5.41) is 10.1. The van der Waals surface area contributed by atoms with Crippen LogP contribution in [0.2, 0.25) is 0 Å². The number of hydrogen-bond acceptors (Lipinski definition) is 3. The Kier molecular flexibility index (Phi) is 10.0. The maximum atomic E-state index is 4.59. The average molecular weight is 472 g/mol. The number of halogens is 1. The minimum atomic E-state index is 0. The van der Waals surface area contributed by atoms with Gasteiger partial charge in [0.25, 0.3) is 0 Å². The Labute approximate surface area is 172 Å². The minimum absolute atomic E-state index is 0. The molecule has 0 amide bonds. The molecule has 1 heterocycles. The lowest BCUT2D eigenvalue weighted by atomic mass is 10.1. The molecule has 0 aliphatic heterocycles. The van der Waals surface area contributed by atoms with Crippen LogP contribution in [0, 0.1) is 13.8 Å². The zero-order chi connectivity index (χ0) is 17.4. The summed E-state index contributed by atoms with van der Waals surface area (Å²) in [5.74, 6) is 0.852. The third-order valence-corrected chi connectivity index (χ3v) is 4.83. The predicted molar refractivity (Wildman–Crippen MR) is 120 cm³/mol. The molecule has 2 rings (SSSR count). The standard InChI is InChI=1S/C19H28N4S.HI/c1-5-18-23-17(13-24-18)7-9-22-19(20-4)21-8-6-16-11-14(2)10-15(3)12-16;/h10-13H,5-9H2,1-4H3,(H2,20,21,22);1H. The first-order valence-corrected chi connectivity index (χ1v) is 9.43. The second-order valence-electron chi connectivity index (χ2n) is 6.01. The van der Waals surface area contributed by atoms with E-state index in [2.05, 4.69) is 65.0 Å². The fourth-order valence-electron chi connectivity index (χ4n) is 2.69. The van der Waals surface area contributed by atoms with Gasteiger partial charge in [-0.25, -0.2) is 4.98 Å². The average Bonchev–Trinajstić information content (AvgIpc) is 3.00. The molecule has 6 heteroatoms. The van der Waals surface area contributed by atoms with E-state index in [4.69, 9.17) is 0 Å². The number of nitrogens with one attached hydrogen (secondary N) is 2. The summed E-state index contributed by atoms with van der Waals surface area (Å²) in [7, 11) is 1.81. The Morgan fingerprint density at radius 3 is 2.28 bits per heavy atom. The van der Waals surface area contributed by atoms with Gasteiger partial charge in [0.05, 0.1) is 10.7 Å². The zero-order valence-corrected chi connectivity index (χ0v) is 18.7. The van der Waals surface area contributed by atoms with E-state index in [-0.39, 0.29) is 24.0 Å². The number of benzene rings is 1. The van der Waals surface area contributed by atoms with Crippen LogP contribution in [0.15, 0.2) is 28.6 Å². The summed E-state index contributed by atoms with van der Waals surface area (Å²) in [6.07, 6.45) is 2.93. The fraction of sp³-hybridized carbons (Fsp3) is 0.474. The van der Waals surface area contributed by atoms with Crippen LogP contribution < -0.4 is 10.6 Å². The van der Waals surface area contributed by atoms with Crippen LogP contribution in [0.1, 0.15) is 34.3 Å². The number of nitrogens with zero attached hydrogens (tertiary/aromatic N) is 2. The van der Waals surface area contributed by atoms with Crippen molar-refractivity contribution in [2.75, 3.05) is 20.1 Å². The van der Waals surface area contributed by atoms with Crippen molar-refractivity contribution in [3.8, 4) is 0 Å². The third kappa shape index (κ3) is 7.73. The van der Waals surface area contributed by atoms with Crippen LogP contribution in [0.25, 0.3) is 0 Å². The lowest BCUT2D eigenvalue weighted by Gasteiger charge is -2.12. The fourth-order valence-corrected chi connectivity index (χ4v) is 3.47. The number of hydrogen-bond donors (Lipinski definition) is 2. The lowest BCUT2D eigenvalue weighted by molar-refractivity contribution is 0.776. The smallest absolute Gasteiger partial charge is 0.190 e. The molecule has 25 heavy (non-hydrogen) atoms. The summed E-state index contributed by atoms with van der Waals surface area (Å²) in [5.41, 5.74) is 5.17. The van der Waals surface area contributed by atoms with Crippen molar-refractivity contribution < 1.29 is 0 Å². The topological polar surface area (TPSA) is 49.3 Å². The molecule has 0 bridgehead atoms. The Balaban J connectivity index is 0.00000312. The van der Waals surface area contributed by atoms with Crippen molar-refractivity contribution in [3.05, 3.63) is 51.0 Å². The first kappa shape index (κ1) is 21.9. The molecule has 0 atom stereocenters. The number of aromatic nitrogens is 1. The Hall–Kier alpha value is -1.15. The molecule has 0 aliphatic carbocycles. The van der Waals surface area contributed by atoms with Crippen molar-refractivity contribution in [3.63, 3.8) is 0 Å². The molecule has 0 fully saturated rings. The van der Waals surface area contributed by atoms with Gasteiger partial charge in [0, 0.05) is 31.9 Å². The van der Waals surface area contributed by atoms with E-state index in [1.165, 1.54) is 21.7 Å². The maximum absolute atomic E-state index is 4.59. The number of aryl methyl sites for hydroxylation is 3. The molecule has 138 valence electrons. The normalized spacial score (nSPS) is 11.1. The summed E-state index contributed by atoms with van der Waals surface area (Å²) in [6, 6.07) is 6.71. The van der Waals surface area contributed by atoms with Gasteiger partial charge >= 0.3 is 0 Å². The van der Waals surface area contributed by atoms with Crippen molar-refractivity contribution in [1.29, 1.82) is 0 Å². The maximum Gasteiger partial charge on any atom is 0.190 e. The van der Waals surface area contributed by atoms with Crippen molar-refractivity contribution in [2.24, 2.45) is 4.99 Å². The molecule has 0 saturated carbocycles. The monoisotopic (exact) mass is 472 g/mol. The van der Waals surface area contributed by atoms with E-state index >= 15 is 0 Å². The highest BCUT2D eigenvalue weighted by atomic mass is 127. The highest BCUT2D eigenvalue weighted by Gasteiger charge is 2.02. The molecule has 0 aliphatic rings. The van der Waals surface area contributed by atoms with Crippen molar-refractivity contribution >= 4 is 41.3 Å². The summed E-state index contributed by atoms with van der Waals surface area (Å²) in [6.45, 7) is 8.15. The summed E-state index contributed by atoms with van der Waals surface area (Å²) >= 11 is 1.74. The SMILES string of the molecule is CCc1nc(CCNC(=NC)NCCc2cc(C)cc(C)c2)cs1.I. The lowest BCUT2D eigenvalue weighted by Crippen LogP contribution is -2.39. The van der Waals surface area contributed by atoms with Crippen LogP contribution in [0.5, 0.6) is 0 Å². The van der Waals surface area contributed by atoms with E-state index in [0.29, 0.717) is 0 Å². The van der Waals surface area contributed by atoms with Crippen LogP contribution in [0.4, 0.5) is 0 Å². The second kappa shape index (κ2) is 11.5. The van der Waals surface area contributed by atoms with Gasteiger partial charge in [-0.15, -0.1) is 35.3 Å². The van der Waals surface area contributed by atoms with Crippen LogP contribution >= 0.6 is 35.3 Å². The van der Waals surface area contributed by atoms with E-state index in [1.807, 2.05) is 7.05 Å². The number of aliphatic imine (C=N–C) groups is 1. The number of guanidine groups is 1. The molecular formula is C19H29IN4S. The van der Waals surface area contributed by atoms with Gasteiger partial charge in [0.15, 0.2) is 5.96 Å². The summed E-state index contributed by atoms with van der Waals surface area (Å²) < 4.78 is 0. The zero-order valence-electron chi connectivity index (χ0n) is 15.6. The third-order valence-electron chi connectivity index (χ3n) is 3.79. The molecule has 0 radical (unpaired) electrons. The number of rotatable bonds is 7. The van der Waals surface area contributed by atoms with Gasteiger partial charge in [-0.2, -0.15) is 0 Å². The van der Waals surface area contributed by atoms with E-state index in [9.17, 15) is 0 Å².